The van der Waals surface area contributed by atoms with Gasteiger partial charge in [0.2, 0.25) is 0 Å². The number of ether oxygens (including phenoxy) is 1. The Morgan fingerprint density at radius 3 is 2.50 bits per heavy atom. The van der Waals surface area contributed by atoms with Crippen LogP contribution in [0.15, 0.2) is 24.3 Å². The van der Waals surface area contributed by atoms with Gasteiger partial charge < -0.3 is 10.5 Å². The summed E-state index contributed by atoms with van der Waals surface area (Å²) in [6.45, 7) is 2.10. The van der Waals surface area contributed by atoms with Crippen LogP contribution in [0.5, 0.6) is 5.75 Å². The van der Waals surface area contributed by atoms with E-state index in [1.165, 1.54) is 18.4 Å². The molecule has 1 saturated carbocycles. The highest BCUT2D eigenvalue weighted by atomic mass is 16.5. The summed E-state index contributed by atoms with van der Waals surface area (Å²) < 4.78 is 5.65. The van der Waals surface area contributed by atoms with Gasteiger partial charge in [0, 0.05) is 6.04 Å². The third-order valence-electron chi connectivity index (χ3n) is 2.58. The van der Waals surface area contributed by atoms with Crippen LogP contribution in [0, 0.1) is 0 Å². The summed E-state index contributed by atoms with van der Waals surface area (Å²) >= 11 is 0. The zero-order chi connectivity index (χ0) is 9.97. The third kappa shape index (κ3) is 2.26. The summed E-state index contributed by atoms with van der Waals surface area (Å²) in [6.07, 6.45) is 3.86. The Morgan fingerprint density at radius 2 is 2.00 bits per heavy atom. The number of hydrogen-bond donors (Lipinski definition) is 1. The molecular weight excluding hydrogens is 174 g/mol. The number of nitrogens with two attached hydrogens (primary N) is 1. The fourth-order valence-electron chi connectivity index (χ4n) is 1.41. The van der Waals surface area contributed by atoms with Crippen LogP contribution in [-0.4, -0.2) is 6.10 Å². The molecule has 0 bridgehead atoms. The summed E-state index contributed by atoms with van der Waals surface area (Å²) in [4.78, 5) is 0. The molecule has 1 atom stereocenters. The Hall–Kier alpha value is -1.02. The normalized spacial score (nSPS) is 17.9. The molecule has 14 heavy (non-hydrogen) atoms. The second-order valence-electron chi connectivity index (χ2n) is 3.90. The van der Waals surface area contributed by atoms with Gasteiger partial charge in [0.1, 0.15) is 5.75 Å². The Bertz CT molecular complexity index is 290. The predicted molar refractivity (Wildman–Crippen MR) is 57.3 cm³/mol. The van der Waals surface area contributed by atoms with Crippen molar-refractivity contribution in [1.29, 1.82) is 0 Å². The van der Waals surface area contributed by atoms with Crippen LogP contribution in [0.4, 0.5) is 0 Å². The fourth-order valence-corrected chi connectivity index (χ4v) is 1.41. The van der Waals surface area contributed by atoms with Gasteiger partial charge in [-0.3, -0.25) is 0 Å². The molecule has 0 aliphatic heterocycles. The fraction of sp³-hybridized carbons (Fsp3) is 0.500. The maximum atomic E-state index is 5.92. The van der Waals surface area contributed by atoms with E-state index in [2.05, 4.69) is 19.1 Å². The van der Waals surface area contributed by atoms with E-state index in [1.807, 2.05) is 12.1 Å². The van der Waals surface area contributed by atoms with Crippen molar-refractivity contribution in [3.63, 3.8) is 0 Å². The van der Waals surface area contributed by atoms with Crippen LogP contribution in [0.1, 0.15) is 37.8 Å². The van der Waals surface area contributed by atoms with E-state index >= 15 is 0 Å². The van der Waals surface area contributed by atoms with Crippen LogP contribution in [0.3, 0.4) is 0 Å². The van der Waals surface area contributed by atoms with Gasteiger partial charge in [-0.25, -0.2) is 0 Å². The van der Waals surface area contributed by atoms with Crippen molar-refractivity contribution in [3.05, 3.63) is 29.8 Å². The van der Waals surface area contributed by atoms with Crippen molar-refractivity contribution in [1.82, 2.24) is 0 Å². The lowest BCUT2D eigenvalue weighted by Crippen LogP contribution is -2.08. The number of benzene rings is 1. The topological polar surface area (TPSA) is 35.2 Å². The van der Waals surface area contributed by atoms with Gasteiger partial charge in [-0.05, 0) is 37.0 Å². The highest BCUT2D eigenvalue weighted by Gasteiger charge is 2.23. The number of hydrogen-bond acceptors (Lipinski definition) is 2. The molecule has 2 nitrogen and oxygen atoms in total. The van der Waals surface area contributed by atoms with Gasteiger partial charge in [-0.2, -0.15) is 0 Å². The third-order valence-corrected chi connectivity index (χ3v) is 2.58. The molecule has 1 aliphatic rings. The Morgan fingerprint density at radius 1 is 1.36 bits per heavy atom. The van der Waals surface area contributed by atoms with E-state index in [4.69, 9.17) is 10.5 Å². The summed E-state index contributed by atoms with van der Waals surface area (Å²) in [5.74, 6) is 0.972. The minimum absolute atomic E-state index is 0.157. The molecule has 0 amide bonds. The average Bonchev–Trinajstić information content (AvgIpc) is 3.02. The average molecular weight is 191 g/mol. The van der Waals surface area contributed by atoms with Crippen molar-refractivity contribution >= 4 is 0 Å². The first-order valence-electron chi connectivity index (χ1n) is 5.32. The molecule has 2 heteroatoms. The largest absolute Gasteiger partial charge is 0.490 e. The van der Waals surface area contributed by atoms with E-state index < -0.39 is 0 Å². The van der Waals surface area contributed by atoms with Crippen LogP contribution < -0.4 is 10.5 Å². The molecular formula is C12H17NO. The quantitative estimate of drug-likeness (QED) is 0.794. The molecule has 0 spiro atoms. The highest BCUT2D eigenvalue weighted by molar-refractivity contribution is 5.29. The van der Waals surface area contributed by atoms with Crippen LogP contribution in [-0.2, 0) is 0 Å². The maximum absolute atomic E-state index is 5.92. The first kappa shape index (κ1) is 9.53. The van der Waals surface area contributed by atoms with Gasteiger partial charge in [0.15, 0.2) is 0 Å². The molecule has 1 aliphatic carbocycles. The zero-order valence-corrected chi connectivity index (χ0v) is 8.57. The second kappa shape index (κ2) is 4.01. The highest BCUT2D eigenvalue weighted by Crippen LogP contribution is 2.27. The van der Waals surface area contributed by atoms with E-state index in [9.17, 15) is 0 Å². The molecule has 1 aromatic carbocycles. The number of rotatable bonds is 4. The van der Waals surface area contributed by atoms with E-state index in [0.717, 1.165) is 12.2 Å². The molecule has 1 fully saturated rings. The van der Waals surface area contributed by atoms with Gasteiger partial charge in [0.25, 0.3) is 0 Å². The van der Waals surface area contributed by atoms with Crippen molar-refractivity contribution in [2.75, 3.05) is 0 Å². The van der Waals surface area contributed by atoms with Gasteiger partial charge >= 0.3 is 0 Å². The molecule has 0 saturated heterocycles. The smallest absolute Gasteiger partial charge is 0.119 e. The maximum Gasteiger partial charge on any atom is 0.119 e. The molecule has 1 unspecified atom stereocenters. The van der Waals surface area contributed by atoms with Gasteiger partial charge in [-0.1, -0.05) is 19.1 Å². The molecule has 0 radical (unpaired) electrons. The standard InChI is InChI=1S/C12H17NO/c1-2-12(13)9-3-5-10(6-4-9)14-11-7-8-11/h3-6,11-12H,2,7-8,13H2,1H3. The molecule has 2 rings (SSSR count). The van der Waals surface area contributed by atoms with E-state index in [0.29, 0.717) is 6.10 Å². The first-order chi connectivity index (χ1) is 6.79. The SMILES string of the molecule is CCC(N)c1ccc(OC2CC2)cc1. The Kier molecular flexibility index (Phi) is 2.73. The minimum Gasteiger partial charge on any atom is -0.490 e. The summed E-state index contributed by atoms with van der Waals surface area (Å²) in [6, 6.07) is 8.31. The van der Waals surface area contributed by atoms with Crippen molar-refractivity contribution in [2.24, 2.45) is 5.73 Å². The zero-order valence-electron chi connectivity index (χ0n) is 8.57. The van der Waals surface area contributed by atoms with E-state index in [1.54, 1.807) is 0 Å². The van der Waals surface area contributed by atoms with Crippen LogP contribution in [0.25, 0.3) is 0 Å². The van der Waals surface area contributed by atoms with Gasteiger partial charge in [-0.15, -0.1) is 0 Å². The van der Waals surface area contributed by atoms with Crippen molar-refractivity contribution < 1.29 is 4.74 Å². The van der Waals surface area contributed by atoms with E-state index in [-0.39, 0.29) is 6.04 Å². The van der Waals surface area contributed by atoms with Crippen molar-refractivity contribution in [3.8, 4) is 5.75 Å². The monoisotopic (exact) mass is 191 g/mol. The Balaban J connectivity index is 2.01. The molecule has 76 valence electrons. The lowest BCUT2D eigenvalue weighted by molar-refractivity contribution is 0.303. The molecule has 0 aromatic heterocycles. The molecule has 2 N–H and O–H groups in total. The molecule has 0 heterocycles. The minimum atomic E-state index is 0.157. The predicted octanol–water partition coefficient (Wildman–Crippen LogP) is 2.64. The van der Waals surface area contributed by atoms with Crippen LogP contribution >= 0.6 is 0 Å². The lowest BCUT2D eigenvalue weighted by Gasteiger charge is -2.10. The van der Waals surface area contributed by atoms with Gasteiger partial charge in [0.05, 0.1) is 6.10 Å². The van der Waals surface area contributed by atoms with Crippen molar-refractivity contribution in [2.45, 2.75) is 38.3 Å². The first-order valence-corrected chi connectivity index (χ1v) is 5.32. The van der Waals surface area contributed by atoms with Crippen LogP contribution in [0.2, 0.25) is 0 Å². The molecule has 1 aromatic rings. The summed E-state index contributed by atoms with van der Waals surface area (Å²) in [5, 5.41) is 0. The Labute approximate surface area is 85.1 Å². The second-order valence-corrected chi connectivity index (χ2v) is 3.90. The summed E-state index contributed by atoms with van der Waals surface area (Å²) in [5.41, 5.74) is 7.11. The summed E-state index contributed by atoms with van der Waals surface area (Å²) in [7, 11) is 0. The lowest BCUT2D eigenvalue weighted by atomic mass is 10.1.